The van der Waals surface area contributed by atoms with E-state index >= 15 is 0 Å². The lowest BCUT2D eigenvalue weighted by Gasteiger charge is -2.22. The van der Waals surface area contributed by atoms with Crippen molar-refractivity contribution >= 4 is 23.5 Å². The number of likely N-dealkylation sites (N-methyl/N-ethyl adjacent to an activating group) is 2. The number of carbonyl (C=O) groups is 1. The van der Waals surface area contributed by atoms with Crippen molar-refractivity contribution in [3.05, 3.63) is 5.28 Å². The molecule has 0 unspecified atom stereocenters. The van der Waals surface area contributed by atoms with Gasteiger partial charge in [-0.05, 0) is 24.9 Å². The summed E-state index contributed by atoms with van der Waals surface area (Å²) in [7, 11) is 3.40. The summed E-state index contributed by atoms with van der Waals surface area (Å²) in [4.78, 5) is 27.1. The zero-order chi connectivity index (χ0) is 15.1. The molecular weight excluding hydrogens is 282 g/mol. The average Bonchev–Trinajstić information content (AvgIpc) is 2.41. The molecule has 1 aromatic rings. The third kappa shape index (κ3) is 4.80. The van der Waals surface area contributed by atoms with Crippen molar-refractivity contribution in [3.8, 4) is 6.01 Å². The van der Waals surface area contributed by atoms with Gasteiger partial charge in [0, 0.05) is 20.6 Å². The van der Waals surface area contributed by atoms with Gasteiger partial charge in [0.05, 0.1) is 13.2 Å². The van der Waals surface area contributed by atoms with E-state index < -0.39 is 0 Å². The highest BCUT2D eigenvalue weighted by Crippen LogP contribution is 2.15. The Bertz CT molecular complexity index is 455. The Labute approximate surface area is 123 Å². The highest BCUT2D eigenvalue weighted by molar-refractivity contribution is 6.28. The van der Waals surface area contributed by atoms with Gasteiger partial charge < -0.3 is 14.5 Å². The van der Waals surface area contributed by atoms with Crippen LogP contribution in [0.25, 0.3) is 0 Å². The molecule has 0 aliphatic rings. The largest absolute Gasteiger partial charge is 0.463 e. The molecule has 0 saturated carbocycles. The van der Waals surface area contributed by atoms with E-state index in [1.165, 1.54) is 4.90 Å². The summed E-state index contributed by atoms with van der Waals surface area (Å²) < 4.78 is 5.36. The SMILES string of the molecule is CCCOc1nc(Cl)nc(N(CC)CC(=O)N(C)C)n1. The van der Waals surface area contributed by atoms with Crippen molar-refractivity contribution in [3.63, 3.8) is 0 Å². The highest BCUT2D eigenvalue weighted by Gasteiger charge is 2.16. The van der Waals surface area contributed by atoms with Gasteiger partial charge in [0.2, 0.25) is 17.1 Å². The maximum Gasteiger partial charge on any atom is 0.322 e. The summed E-state index contributed by atoms with van der Waals surface area (Å²) >= 11 is 5.86. The Morgan fingerprint density at radius 1 is 1.25 bits per heavy atom. The number of anilines is 1. The van der Waals surface area contributed by atoms with Crippen molar-refractivity contribution in [2.75, 3.05) is 38.7 Å². The van der Waals surface area contributed by atoms with Gasteiger partial charge >= 0.3 is 6.01 Å². The predicted molar refractivity (Wildman–Crippen MR) is 77.2 cm³/mol. The van der Waals surface area contributed by atoms with E-state index in [1.807, 2.05) is 13.8 Å². The van der Waals surface area contributed by atoms with Crippen LogP contribution in [0.5, 0.6) is 6.01 Å². The minimum absolute atomic E-state index is 0.0422. The first kappa shape index (κ1) is 16.4. The monoisotopic (exact) mass is 301 g/mol. The summed E-state index contributed by atoms with van der Waals surface area (Å²) in [5, 5.41) is 0.0526. The lowest BCUT2D eigenvalue weighted by Crippen LogP contribution is -2.37. The second kappa shape index (κ2) is 7.84. The second-order valence-corrected chi connectivity index (χ2v) is 4.68. The molecule has 0 aliphatic heterocycles. The van der Waals surface area contributed by atoms with Gasteiger partial charge in [-0.15, -0.1) is 0 Å². The smallest absolute Gasteiger partial charge is 0.322 e. The fraction of sp³-hybridized carbons (Fsp3) is 0.667. The number of ether oxygens (including phenoxy) is 1. The first-order chi connectivity index (χ1) is 9.47. The lowest BCUT2D eigenvalue weighted by atomic mass is 10.4. The fourth-order valence-electron chi connectivity index (χ4n) is 1.35. The molecule has 1 heterocycles. The molecule has 0 radical (unpaired) electrons. The molecule has 8 heteroatoms. The molecule has 1 rings (SSSR count). The Balaban J connectivity index is 2.90. The van der Waals surface area contributed by atoms with Crippen LogP contribution in [0.4, 0.5) is 5.95 Å². The quantitative estimate of drug-likeness (QED) is 0.754. The number of hydrogen-bond donors (Lipinski definition) is 0. The van der Waals surface area contributed by atoms with Gasteiger partial charge in [-0.25, -0.2) is 0 Å². The molecule has 0 spiro atoms. The minimum Gasteiger partial charge on any atom is -0.463 e. The third-order valence-corrected chi connectivity index (χ3v) is 2.67. The maximum absolute atomic E-state index is 11.8. The summed E-state index contributed by atoms with van der Waals surface area (Å²) in [6, 6.07) is 0.178. The summed E-state index contributed by atoms with van der Waals surface area (Å²) in [6.45, 7) is 5.15. The van der Waals surface area contributed by atoms with Gasteiger partial charge in [-0.1, -0.05) is 6.92 Å². The first-order valence-corrected chi connectivity index (χ1v) is 6.85. The molecule has 1 amide bonds. The molecule has 0 N–H and O–H groups in total. The summed E-state index contributed by atoms with van der Waals surface area (Å²) in [6.07, 6.45) is 0.843. The number of hydrogen-bond acceptors (Lipinski definition) is 6. The molecule has 0 fully saturated rings. The van der Waals surface area contributed by atoms with Gasteiger partial charge in [0.1, 0.15) is 0 Å². The Hall–Kier alpha value is -1.63. The number of halogens is 1. The van der Waals surface area contributed by atoms with Crippen molar-refractivity contribution in [1.82, 2.24) is 19.9 Å². The summed E-state index contributed by atoms with van der Waals surface area (Å²) in [5.74, 6) is 0.299. The third-order valence-electron chi connectivity index (χ3n) is 2.50. The zero-order valence-electron chi connectivity index (χ0n) is 12.3. The molecule has 0 bridgehead atoms. The van der Waals surface area contributed by atoms with E-state index in [4.69, 9.17) is 16.3 Å². The van der Waals surface area contributed by atoms with Crippen LogP contribution < -0.4 is 9.64 Å². The van der Waals surface area contributed by atoms with Crippen LogP contribution in [0.3, 0.4) is 0 Å². The van der Waals surface area contributed by atoms with Crippen molar-refractivity contribution in [2.24, 2.45) is 0 Å². The molecule has 0 aliphatic carbocycles. The molecule has 112 valence electrons. The molecule has 7 nitrogen and oxygen atoms in total. The Morgan fingerprint density at radius 2 is 1.95 bits per heavy atom. The second-order valence-electron chi connectivity index (χ2n) is 4.34. The number of carbonyl (C=O) groups excluding carboxylic acids is 1. The van der Waals surface area contributed by atoms with Gasteiger partial charge in [0.15, 0.2) is 0 Å². The van der Waals surface area contributed by atoms with Crippen LogP contribution in [0.15, 0.2) is 0 Å². The van der Waals surface area contributed by atoms with E-state index in [-0.39, 0.29) is 23.7 Å². The lowest BCUT2D eigenvalue weighted by molar-refractivity contribution is -0.127. The van der Waals surface area contributed by atoms with Gasteiger partial charge in [-0.3, -0.25) is 4.79 Å². The standard InChI is InChI=1S/C12H20ClN5O2/c1-5-7-20-12-15-10(13)14-11(16-12)18(6-2)8-9(19)17(3)4/h5-8H2,1-4H3. The van der Waals surface area contributed by atoms with Gasteiger partial charge in [0.25, 0.3) is 0 Å². The first-order valence-electron chi connectivity index (χ1n) is 6.47. The number of rotatable bonds is 7. The number of amides is 1. The van der Waals surface area contributed by atoms with Crippen LogP contribution in [0.1, 0.15) is 20.3 Å². The number of aromatic nitrogens is 3. The molecule has 20 heavy (non-hydrogen) atoms. The molecule has 0 atom stereocenters. The van der Waals surface area contributed by atoms with Crippen molar-refractivity contribution in [2.45, 2.75) is 20.3 Å². The maximum atomic E-state index is 11.8. The number of nitrogens with zero attached hydrogens (tertiary/aromatic N) is 5. The Kier molecular flexibility index (Phi) is 6.44. The van der Waals surface area contributed by atoms with Crippen LogP contribution in [0.2, 0.25) is 5.28 Å². The van der Waals surface area contributed by atoms with Gasteiger partial charge in [-0.2, -0.15) is 15.0 Å². The predicted octanol–water partition coefficient (Wildman–Crippen LogP) is 1.23. The minimum atomic E-state index is -0.0422. The highest BCUT2D eigenvalue weighted by atomic mass is 35.5. The molecule has 0 aromatic carbocycles. The molecular formula is C12H20ClN5O2. The van der Waals surface area contributed by atoms with Crippen molar-refractivity contribution < 1.29 is 9.53 Å². The fourth-order valence-corrected chi connectivity index (χ4v) is 1.50. The van der Waals surface area contributed by atoms with E-state index in [9.17, 15) is 4.79 Å². The Morgan fingerprint density at radius 3 is 2.50 bits per heavy atom. The topological polar surface area (TPSA) is 71.5 Å². The van der Waals surface area contributed by atoms with Crippen molar-refractivity contribution in [1.29, 1.82) is 0 Å². The van der Waals surface area contributed by atoms with Crippen LogP contribution >= 0.6 is 11.6 Å². The normalized spacial score (nSPS) is 10.2. The zero-order valence-corrected chi connectivity index (χ0v) is 13.0. The van der Waals surface area contributed by atoms with E-state index in [2.05, 4.69) is 15.0 Å². The van der Waals surface area contributed by atoms with Crippen LogP contribution in [-0.4, -0.2) is 59.6 Å². The molecule has 1 aromatic heterocycles. The molecule has 0 saturated heterocycles. The van der Waals surface area contributed by atoms with E-state index in [0.29, 0.717) is 19.1 Å². The summed E-state index contributed by atoms with van der Waals surface area (Å²) in [5.41, 5.74) is 0. The van der Waals surface area contributed by atoms with E-state index in [0.717, 1.165) is 6.42 Å². The van der Waals surface area contributed by atoms with Crippen LogP contribution in [0, 0.1) is 0 Å². The van der Waals surface area contributed by atoms with Crippen LogP contribution in [-0.2, 0) is 4.79 Å². The van der Waals surface area contributed by atoms with E-state index in [1.54, 1.807) is 19.0 Å². The average molecular weight is 302 g/mol.